The molecule has 8 nitrogen and oxygen atoms in total. The Morgan fingerprint density at radius 2 is 1.70 bits per heavy atom. The van der Waals surface area contributed by atoms with Crippen molar-refractivity contribution in [2.45, 2.75) is 77.3 Å². The Bertz CT molecular complexity index is 833. The van der Waals surface area contributed by atoms with Crippen LogP contribution in [0.4, 0.5) is 0 Å². The van der Waals surface area contributed by atoms with Gasteiger partial charge in [0.25, 0.3) is 0 Å². The normalized spacial score (nSPS) is 26.9. The second-order valence-electron chi connectivity index (χ2n) is 8.07. The molecule has 1 aromatic carbocycles. The van der Waals surface area contributed by atoms with Gasteiger partial charge in [0.15, 0.2) is 0 Å². The predicted molar refractivity (Wildman–Crippen MR) is 110 cm³/mol. The van der Waals surface area contributed by atoms with Crippen LogP contribution in [-0.4, -0.2) is 67.5 Å². The molecule has 0 amide bonds. The van der Waals surface area contributed by atoms with Crippen molar-refractivity contribution < 1.29 is 29.9 Å². The number of ether oxygens (including phenoxy) is 2. The summed E-state index contributed by atoms with van der Waals surface area (Å²) in [6.45, 7) is 7.58. The van der Waals surface area contributed by atoms with E-state index in [-0.39, 0.29) is 6.04 Å². The van der Waals surface area contributed by atoms with Gasteiger partial charge in [0.05, 0.1) is 6.61 Å². The van der Waals surface area contributed by atoms with Gasteiger partial charge in [-0.2, -0.15) is 0 Å². The maximum atomic E-state index is 10.3. The van der Waals surface area contributed by atoms with E-state index in [0.29, 0.717) is 12.3 Å². The number of benzene rings is 1. The minimum absolute atomic E-state index is 0.0957. The van der Waals surface area contributed by atoms with E-state index in [1.807, 2.05) is 25.5 Å². The largest absolute Gasteiger partial charge is 0.443 e. The number of aliphatic hydroxyl groups excluding tert-OH is 4. The lowest BCUT2D eigenvalue weighted by Gasteiger charge is -2.39. The van der Waals surface area contributed by atoms with Crippen LogP contribution in [0.3, 0.4) is 0 Å². The van der Waals surface area contributed by atoms with E-state index in [9.17, 15) is 20.4 Å². The van der Waals surface area contributed by atoms with Gasteiger partial charge in [-0.25, -0.2) is 0 Å². The van der Waals surface area contributed by atoms with Crippen molar-refractivity contribution in [3.05, 3.63) is 46.6 Å². The molecule has 8 heteroatoms. The highest BCUT2D eigenvalue weighted by Gasteiger charge is 2.45. The Morgan fingerprint density at radius 3 is 2.27 bits per heavy atom. The Morgan fingerprint density at radius 1 is 1.07 bits per heavy atom. The fourth-order valence-electron chi connectivity index (χ4n) is 3.70. The third kappa shape index (κ3) is 4.53. The maximum Gasteiger partial charge on any atom is 0.239 e. The lowest BCUT2D eigenvalue weighted by Crippen LogP contribution is -2.60. The Hall–Kier alpha value is -1.97. The molecule has 0 radical (unpaired) electrons. The van der Waals surface area contributed by atoms with Gasteiger partial charge in [-0.1, -0.05) is 31.2 Å². The van der Waals surface area contributed by atoms with E-state index in [1.54, 1.807) is 0 Å². The molecule has 5 atom stereocenters. The van der Waals surface area contributed by atoms with Crippen molar-refractivity contribution in [3.63, 3.8) is 0 Å². The molecule has 0 bridgehead atoms. The first-order valence-corrected chi connectivity index (χ1v) is 10.4. The van der Waals surface area contributed by atoms with Gasteiger partial charge in [-0.15, -0.1) is 5.10 Å². The van der Waals surface area contributed by atoms with E-state index in [1.165, 1.54) is 5.56 Å². The Kier molecular flexibility index (Phi) is 7.15. The molecule has 2 aromatic rings. The quantitative estimate of drug-likeness (QED) is 0.530. The first kappa shape index (κ1) is 22.7. The Balaban J connectivity index is 1.90. The first-order valence-electron chi connectivity index (χ1n) is 10.4. The number of aliphatic hydroxyl groups is 4. The summed E-state index contributed by atoms with van der Waals surface area (Å²) in [5.41, 5.74) is 4.14. The summed E-state index contributed by atoms with van der Waals surface area (Å²) in [4.78, 5) is 0. The molecule has 166 valence electrons. The lowest BCUT2D eigenvalue weighted by molar-refractivity contribution is -0.278. The van der Waals surface area contributed by atoms with Crippen LogP contribution >= 0.6 is 0 Å². The van der Waals surface area contributed by atoms with Gasteiger partial charge >= 0.3 is 0 Å². The van der Waals surface area contributed by atoms with E-state index < -0.39 is 37.3 Å². The highest BCUT2D eigenvalue weighted by molar-refractivity contribution is 5.37. The summed E-state index contributed by atoms with van der Waals surface area (Å²) < 4.78 is 13.2. The fourth-order valence-corrected chi connectivity index (χ4v) is 3.70. The molecule has 0 saturated carbocycles. The summed E-state index contributed by atoms with van der Waals surface area (Å²) in [5.74, 6) is 0.296. The van der Waals surface area contributed by atoms with Crippen molar-refractivity contribution in [1.29, 1.82) is 0 Å². The van der Waals surface area contributed by atoms with E-state index in [0.717, 1.165) is 23.2 Å². The monoisotopic (exact) mass is 420 g/mol. The first-order chi connectivity index (χ1) is 14.3. The summed E-state index contributed by atoms with van der Waals surface area (Å²) in [6, 6.07) is 8.43. The van der Waals surface area contributed by atoms with Gasteiger partial charge in [0.1, 0.15) is 24.4 Å². The smallest absolute Gasteiger partial charge is 0.239 e. The third-order valence-electron chi connectivity index (χ3n) is 5.61. The number of nitrogens with zero attached hydrogens (tertiary/aromatic N) is 2. The highest BCUT2D eigenvalue weighted by atomic mass is 16.7. The number of rotatable bonds is 7. The van der Waals surface area contributed by atoms with Gasteiger partial charge in [0.2, 0.25) is 12.2 Å². The van der Waals surface area contributed by atoms with Crippen LogP contribution in [0.5, 0.6) is 5.88 Å². The zero-order chi connectivity index (χ0) is 22.0. The van der Waals surface area contributed by atoms with Crippen LogP contribution in [0.1, 0.15) is 49.2 Å². The molecule has 1 aliphatic rings. The minimum Gasteiger partial charge on any atom is -0.443 e. The van der Waals surface area contributed by atoms with Crippen LogP contribution in [0, 0.1) is 6.92 Å². The average Bonchev–Trinajstić information content (AvgIpc) is 3.04. The number of aromatic nitrogens is 2. The predicted octanol–water partition coefficient (Wildman–Crippen LogP) is 1.10. The van der Waals surface area contributed by atoms with E-state index in [4.69, 9.17) is 9.47 Å². The van der Waals surface area contributed by atoms with E-state index in [2.05, 4.69) is 36.3 Å². The zero-order valence-electron chi connectivity index (χ0n) is 17.9. The van der Waals surface area contributed by atoms with Crippen molar-refractivity contribution in [2.75, 3.05) is 6.61 Å². The molecule has 4 N–H and O–H groups in total. The molecule has 1 aliphatic heterocycles. The molecule has 30 heavy (non-hydrogen) atoms. The lowest BCUT2D eigenvalue weighted by atomic mass is 9.99. The van der Waals surface area contributed by atoms with Crippen LogP contribution in [0.2, 0.25) is 0 Å². The molecule has 1 saturated heterocycles. The molecule has 1 fully saturated rings. The number of aryl methyl sites for hydroxylation is 1. The number of hydrogen-bond acceptors (Lipinski definition) is 7. The van der Waals surface area contributed by atoms with Crippen molar-refractivity contribution >= 4 is 0 Å². The van der Waals surface area contributed by atoms with Crippen molar-refractivity contribution in [2.24, 2.45) is 0 Å². The molecule has 0 aliphatic carbocycles. The maximum absolute atomic E-state index is 10.3. The standard InChI is InChI=1S/C22H32N2O6/c1-5-14-6-8-15(9-7-14)10-16-13(4)24(12(2)3)23-21(16)30-22-20(28)19(27)18(26)17(11-25)29-22/h6-9,12,17-20,22,25-28H,5,10-11H2,1-4H3/t17-,18-,19+,20-,22-/m1/s1. The van der Waals surface area contributed by atoms with Gasteiger partial charge < -0.3 is 29.9 Å². The molecular weight excluding hydrogens is 388 g/mol. The van der Waals surface area contributed by atoms with Crippen LogP contribution in [0.15, 0.2) is 24.3 Å². The van der Waals surface area contributed by atoms with Gasteiger partial charge in [-0.05, 0) is 38.3 Å². The molecule has 3 rings (SSSR count). The van der Waals surface area contributed by atoms with Crippen LogP contribution in [0.25, 0.3) is 0 Å². The molecular formula is C22H32N2O6. The van der Waals surface area contributed by atoms with Crippen LogP contribution in [-0.2, 0) is 17.6 Å². The molecule has 0 unspecified atom stereocenters. The second kappa shape index (κ2) is 9.45. The van der Waals surface area contributed by atoms with Gasteiger partial charge in [0, 0.05) is 23.7 Å². The van der Waals surface area contributed by atoms with Crippen molar-refractivity contribution in [1.82, 2.24) is 9.78 Å². The van der Waals surface area contributed by atoms with Gasteiger partial charge in [-0.3, -0.25) is 4.68 Å². The molecule has 2 heterocycles. The molecule has 1 aromatic heterocycles. The Labute approximate surface area is 176 Å². The number of hydrogen-bond donors (Lipinski definition) is 4. The fraction of sp³-hybridized carbons (Fsp3) is 0.591. The highest BCUT2D eigenvalue weighted by Crippen LogP contribution is 2.30. The van der Waals surface area contributed by atoms with E-state index >= 15 is 0 Å². The summed E-state index contributed by atoms with van der Waals surface area (Å²) >= 11 is 0. The zero-order valence-corrected chi connectivity index (χ0v) is 17.9. The third-order valence-corrected chi connectivity index (χ3v) is 5.61. The summed E-state index contributed by atoms with van der Waals surface area (Å²) in [6.07, 6.45) is -5.17. The second-order valence-corrected chi connectivity index (χ2v) is 8.07. The minimum atomic E-state index is -1.50. The van der Waals surface area contributed by atoms with Crippen molar-refractivity contribution in [3.8, 4) is 5.88 Å². The molecule has 0 spiro atoms. The SMILES string of the molecule is CCc1ccc(Cc2c(O[C@H]3O[C@H](CO)[C@@H](O)[C@H](O)[C@H]3O)nn(C(C)C)c2C)cc1. The average molecular weight is 421 g/mol. The topological polar surface area (TPSA) is 117 Å². The summed E-state index contributed by atoms with van der Waals surface area (Å²) in [7, 11) is 0. The van der Waals surface area contributed by atoms with Crippen LogP contribution < -0.4 is 4.74 Å². The summed E-state index contributed by atoms with van der Waals surface area (Å²) in [5, 5.41) is 44.3.